The molecule has 0 aromatic heterocycles. The summed E-state index contributed by atoms with van der Waals surface area (Å²) in [5.41, 5.74) is 0. The van der Waals surface area contributed by atoms with Crippen molar-refractivity contribution in [3.63, 3.8) is 0 Å². The second-order valence-electron chi connectivity index (χ2n) is 4.62. The van der Waals surface area contributed by atoms with Gasteiger partial charge < -0.3 is 19.5 Å². The largest absolute Gasteiger partial charge is 0.497 e. The highest BCUT2D eigenvalue weighted by molar-refractivity contribution is 7.89. The second kappa shape index (κ2) is 8.70. The third-order valence-electron chi connectivity index (χ3n) is 3.05. The van der Waals surface area contributed by atoms with Crippen LogP contribution in [0.25, 0.3) is 0 Å². The number of amides is 1. The van der Waals surface area contributed by atoms with Gasteiger partial charge >= 0.3 is 0 Å². The van der Waals surface area contributed by atoms with Gasteiger partial charge in [0.1, 0.15) is 16.4 Å². The Morgan fingerprint density at radius 3 is 2.48 bits per heavy atom. The van der Waals surface area contributed by atoms with Crippen molar-refractivity contribution in [1.29, 1.82) is 0 Å². The molecule has 1 rings (SSSR count). The zero-order valence-corrected chi connectivity index (χ0v) is 14.5. The number of nitrogens with one attached hydrogen (secondary N) is 1. The van der Waals surface area contributed by atoms with Gasteiger partial charge in [-0.05, 0) is 12.1 Å². The number of ether oxygens (including phenoxy) is 3. The highest BCUT2D eigenvalue weighted by Crippen LogP contribution is 2.29. The fourth-order valence-corrected chi connectivity index (χ4v) is 3.08. The number of rotatable bonds is 9. The van der Waals surface area contributed by atoms with Crippen molar-refractivity contribution in [3.8, 4) is 11.5 Å². The summed E-state index contributed by atoms with van der Waals surface area (Å²) >= 11 is 0. The number of carbonyl (C=O) groups excluding carboxylic acids is 1. The van der Waals surface area contributed by atoms with Gasteiger partial charge in [-0.25, -0.2) is 8.42 Å². The predicted molar refractivity (Wildman–Crippen MR) is 84.2 cm³/mol. The molecular formula is C14H22N2O6S. The quantitative estimate of drug-likeness (QED) is 0.637. The first-order valence-corrected chi connectivity index (χ1v) is 8.24. The van der Waals surface area contributed by atoms with Gasteiger partial charge in [-0.2, -0.15) is 4.31 Å². The Bertz CT molecular complexity index is 632. The van der Waals surface area contributed by atoms with E-state index in [2.05, 4.69) is 5.32 Å². The fraction of sp³-hybridized carbons (Fsp3) is 0.500. The van der Waals surface area contributed by atoms with Crippen LogP contribution in [-0.4, -0.2) is 66.7 Å². The number of benzene rings is 1. The lowest BCUT2D eigenvalue weighted by molar-refractivity contribution is -0.121. The zero-order valence-electron chi connectivity index (χ0n) is 13.7. The first kappa shape index (κ1) is 19.2. The smallest absolute Gasteiger partial charge is 0.247 e. The standard InChI is InChI=1S/C14H22N2O6S/c1-16(10-14(17)15-7-8-20-2)23(18,19)13-9-11(21-3)5-6-12(13)22-4/h5-6,9H,7-8,10H2,1-4H3,(H,15,17). The highest BCUT2D eigenvalue weighted by Gasteiger charge is 2.27. The summed E-state index contributed by atoms with van der Waals surface area (Å²) in [5, 5.41) is 2.56. The normalized spacial score (nSPS) is 11.3. The van der Waals surface area contributed by atoms with Gasteiger partial charge in [-0.15, -0.1) is 0 Å². The number of carbonyl (C=O) groups is 1. The predicted octanol–water partition coefficient (Wildman–Crippen LogP) is 0.0869. The molecule has 0 spiro atoms. The van der Waals surface area contributed by atoms with Crippen molar-refractivity contribution in [2.75, 3.05) is 48.1 Å². The van der Waals surface area contributed by atoms with E-state index in [0.29, 0.717) is 18.9 Å². The van der Waals surface area contributed by atoms with Crippen LogP contribution in [0.15, 0.2) is 23.1 Å². The lowest BCUT2D eigenvalue weighted by atomic mass is 10.3. The van der Waals surface area contributed by atoms with E-state index in [1.807, 2.05) is 0 Å². The van der Waals surface area contributed by atoms with Crippen molar-refractivity contribution in [1.82, 2.24) is 9.62 Å². The van der Waals surface area contributed by atoms with Crippen molar-refractivity contribution < 1.29 is 27.4 Å². The molecule has 9 heteroatoms. The van der Waals surface area contributed by atoms with E-state index in [1.165, 1.54) is 40.5 Å². The minimum atomic E-state index is -3.90. The molecule has 0 unspecified atom stereocenters. The average molecular weight is 346 g/mol. The maximum Gasteiger partial charge on any atom is 0.247 e. The van der Waals surface area contributed by atoms with Gasteiger partial charge in [0.25, 0.3) is 0 Å². The first-order valence-electron chi connectivity index (χ1n) is 6.80. The number of nitrogens with zero attached hydrogens (tertiary/aromatic N) is 1. The Balaban J connectivity index is 2.95. The molecule has 1 aromatic rings. The molecule has 130 valence electrons. The molecule has 1 N–H and O–H groups in total. The van der Waals surface area contributed by atoms with Crippen molar-refractivity contribution in [3.05, 3.63) is 18.2 Å². The summed E-state index contributed by atoms with van der Waals surface area (Å²) in [6.45, 7) is 0.351. The number of sulfonamides is 1. The third kappa shape index (κ3) is 5.08. The van der Waals surface area contributed by atoms with Crippen LogP contribution in [0.1, 0.15) is 0 Å². The Morgan fingerprint density at radius 1 is 1.22 bits per heavy atom. The molecule has 0 atom stereocenters. The maximum atomic E-state index is 12.6. The van der Waals surface area contributed by atoms with Crippen LogP contribution in [0.3, 0.4) is 0 Å². The molecule has 0 fully saturated rings. The molecule has 0 aliphatic heterocycles. The number of hydrogen-bond acceptors (Lipinski definition) is 6. The van der Waals surface area contributed by atoms with Crippen molar-refractivity contribution >= 4 is 15.9 Å². The molecule has 0 aliphatic carbocycles. The monoisotopic (exact) mass is 346 g/mol. The average Bonchev–Trinajstić information content (AvgIpc) is 2.54. The van der Waals surface area contributed by atoms with Crippen molar-refractivity contribution in [2.45, 2.75) is 4.90 Å². The van der Waals surface area contributed by atoms with Crippen molar-refractivity contribution in [2.24, 2.45) is 0 Å². The van der Waals surface area contributed by atoms with E-state index in [-0.39, 0.29) is 17.2 Å². The molecule has 23 heavy (non-hydrogen) atoms. The maximum absolute atomic E-state index is 12.6. The van der Waals surface area contributed by atoms with Crippen LogP contribution in [0.4, 0.5) is 0 Å². The summed E-state index contributed by atoms with van der Waals surface area (Å²) < 4.78 is 41.2. The zero-order chi connectivity index (χ0) is 17.5. The number of hydrogen-bond donors (Lipinski definition) is 1. The molecule has 8 nitrogen and oxygen atoms in total. The van der Waals surface area contributed by atoms with Crippen LogP contribution in [0, 0.1) is 0 Å². The molecule has 0 saturated carbocycles. The summed E-state index contributed by atoms with van der Waals surface area (Å²) in [4.78, 5) is 11.7. The Labute approximate surface area is 136 Å². The summed E-state index contributed by atoms with van der Waals surface area (Å²) in [6.07, 6.45) is 0. The van der Waals surface area contributed by atoms with Gasteiger partial charge in [0.2, 0.25) is 15.9 Å². The third-order valence-corrected chi connectivity index (χ3v) is 4.88. The minimum absolute atomic E-state index is 0.0634. The van der Waals surface area contributed by atoms with Gasteiger partial charge in [0.15, 0.2) is 0 Å². The minimum Gasteiger partial charge on any atom is -0.497 e. The molecule has 1 aromatic carbocycles. The fourth-order valence-electron chi connectivity index (χ4n) is 1.79. The number of likely N-dealkylation sites (N-methyl/N-ethyl adjacent to an activating group) is 1. The first-order chi connectivity index (χ1) is 10.9. The van der Waals surface area contributed by atoms with E-state index in [9.17, 15) is 13.2 Å². The Hall–Kier alpha value is -1.84. The molecule has 1 amide bonds. The summed E-state index contributed by atoms with van der Waals surface area (Å²) in [5.74, 6) is 0.134. The number of methoxy groups -OCH3 is 3. The van der Waals surface area contributed by atoms with Gasteiger partial charge in [-0.1, -0.05) is 0 Å². The lowest BCUT2D eigenvalue weighted by Gasteiger charge is -2.19. The molecular weight excluding hydrogens is 324 g/mol. The van der Waals surface area contributed by atoms with E-state index in [4.69, 9.17) is 14.2 Å². The summed E-state index contributed by atoms with van der Waals surface area (Å²) in [6, 6.07) is 4.45. The van der Waals surface area contributed by atoms with Crippen LogP contribution >= 0.6 is 0 Å². The van der Waals surface area contributed by atoms with Crippen LogP contribution < -0.4 is 14.8 Å². The van der Waals surface area contributed by atoms with E-state index < -0.39 is 15.9 Å². The highest BCUT2D eigenvalue weighted by atomic mass is 32.2. The van der Waals surface area contributed by atoms with Crippen LogP contribution in [0.5, 0.6) is 11.5 Å². The van der Waals surface area contributed by atoms with Gasteiger partial charge in [-0.3, -0.25) is 4.79 Å². The lowest BCUT2D eigenvalue weighted by Crippen LogP contribution is -2.39. The van der Waals surface area contributed by atoms with Crippen LogP contribution in [0.2, 0.25) is 0 Å². The molecule has 0 saturated heterocycles. The van der Waals surface area contributed by atoms with Gasteiger partial charge in [0.05, 0.1) is 27.4 Å². The second-order valence-corrected chi connectivity index (χ2v) is 6.63. The topological polar surface area (TPSA) is 94.2 Å². The van der Waals surface area contributed by atoms with E-state index in [1.54, 1.807) is 6.07 Å². The van der Waals surface area contributed by atoms with E-state index >= 15 is 0 Å². The Morgan fingerprint density at radius 2 is 1.91 bits per heavy atom. The molecule has 0 radical (unpaired) electrons. The molecule has 0 bridgehead atoms. The van der Waals surface area contributed by atoms with Crippen LogP contribution in [-0.2, 0) is 19.6 Å². The summed E-state index contributed by atoms with van der Waals surface area (Å²) in [7, 11) is 1.74. The SMILES string of the molecule is COCCNC(=O)CN(C)S(=O)(=O)c1cc(OC)ccc1OC. The molecule has 0 heterocycles. The Kier molecular flexibility index (Phi) is 7.27. The molecule has 0 aliphatic rings. The van der Waals surface area contributed by atoms with Gasteiger partial charge in [0, 0.05) is 26.8 Å². The van der Waals surface area contributed by atoms with E-state index in [0.717, 1.165) is 4.31 Å².